The predicted molar refractivity (Wildman–Crippen MR) is 77.5 cm³/mol. The van der Waals surface area contributed by atoms with E-state index >= 15 is 0 Å². The molecular formula is C15H15ClFN3. The summed E-state index contributed by atoms with van der Waals surface area (Å²) in [5.74, 6) is 1.81. The van der Waals surface area contributed by atoms with Crippen molar-refractivity contribution in [2.45, 2.75) is 32.2 Å². The van der Waals surface area contributed by atoms with Crippen LogP contribution in [0.5, 0.6) is 0 Å². The molecule has 1 aliphatic rings. The fraction of sp³-hybridized carbons (Fsp3) is 0.333. The minimum atomic E-state index is -0.185. The average Bonchev–Trinajstić information content (AvgIpc) is 3.24. The van der Waals surface area contributed by atoms with E-state index in [2.05, 4.69) is 15.3 Å². The van der Waals surface area contributed by atoms with Crippen LogP contribution in [0.1, 0.15) is 35.7 Å². The molecule has 0 spiro atoms. The molecule has 1 aromatic heterocycles. The molecule has 0 saturated heterocycles. The van der Waals surface area contributed by atoms with Gasteiger partial charge in [0, 0.05) is 18.5 Å². The van der Waals surface area contributed by atoms with Crippen molar-refractivity contribution in [1.82, 2.24) is 9.97 Å². The van der Waals surface area contributed by atoms with Gasteiger partial charge in [-0.25, -0.2) is 14.4 Å². The van der Waals surface area contributed by atoms with Gasteiger partial charge in [0.05, 0.1) is 0 Å². The van der Waals surface area contributed by atoms with Gasteiger partial charge in [0.15, 0.2) is 0 Å². The normalized spacial score (nSPS) is 14.3. The molecule has 5 heteroatoms. The summed E-state index contributed by atoms with van der Waals surface area (Å²) in [5, 5.41) is 3.67. The van der Waals surface area contributed by atoms with Gasteiger partial charge >= 0.3 is 0 Å². The minimum absolute atomic E-state index is 0.185. The van der Waals surface area contributed by atoms with E-state index in [0.29, 0.717) is 29.0 Å². The van der Waals surface area contributed by atoms with Crippen molar-refractivity contribution in [3.63, 3.8) is 0 Å². The standard InChI is InChI=1S/C15H15ClFN3/c1-9-6-10(2-5-12(9)17)8-18-14-7-13(16)19-15(20-14)11-3-4-11/h2,5-7,11H,3-4,8H2,1H3,(H,18,19,20). The first-order chi connectivity index (χ1) is 9.61. The van der Waals surface area contributed by atoms with Gasteiger partial charge in [-0.15, -0.1) is 0 Å². The molecule has 1 saturated carbocycles. The molecule has 1 heterocycles. The number of benzene rings is 1. The second-order valence-corrected chi connectivity index (χ2v) is 5.53. The third-order valence-corrected chi connectivity index (χ3v) is 3.54. The maximum Gasteiger partial charge on any atom is 0.135 e. The summed E-state index contributed by atoms with van der Waals surface area (Å²) in [6.07, 6.45) is 2.27. The Balaban J connectivity index is 1.72. The summed E-state index contributed by atoms with van der Waals surface area (Å²) in [5.41, 5.74) is 1.65. The summed E-state index contributed by atoms with van der Waals surface area (Å²) in [6, 6.07) is 6.78. The SMILES string of the molecule is Cc1cc(CNc2cc(Cl)nc(C3CC3)n2)ccc1F. The highest BCUT2D eigenvalue weighted by Gasteiger charge is 2.27. The Morgan fingerprint density at radius 1 is 1.30 bits per heavy atom. The Kier molecular flexibility index (Phi) is 3.57. The number of hydrogen-bond donors (Lipinski definition) is 1. The molecule has 0 atom stereocenters. The maximum absolute atomic E-state index is 13.2. The molecule has 2 aromatic rings. The Bertz CT molecular complexity index is 641. The number of halogens is 2. The minimum Gasteiger partial charge on any atom is -0.366 e. The Labute approximate surface area is 122 Å². The molecule has 0 amide bonds. The summed E-state index contributed by atoms with van der Waals surface area (Å²) in [4.78, 5) is 8.71. The fourth-order valence-corrected chi connectivity index (χ4v) is 2.25. The summed E-state index contributed by atoms with van der Waals surface area (Å²) >= 11 is 6.01. The zero-order valence-corrected chi connectivity index (χ0v) is 11.9. The third-order valence-electron chi connectivity index (χ3n) is 3.35. The highest BCUT2D eigenvalue weighted by atomic mass is 35.5. The predicted octanol–water partition coefficient (Wildman–Crippen LogP) is 4.07. The van der Waals surface area contributed by atoms with Crippen LogP contribution in [0.3, 0.4) is 0 Å². The molecule has 20 heavy (non-hydrogen) atoms. The number of aryl methyl sites for hydroxylation is 1. The molecule has 1 N–H and O–H groups in total. The van der Waals surface area contributed by atoms with E-state index in [-0.39, 0.29) is 5.82 Å². The van der Waals surface area contributed by atoms with Crippen molar-refractivity contribution in [1.29, 1.82) is 0 Å². The zero-order valence-electron chi connectivity index (χ0n) is 11.2. The molecule has 1 fully saturated rings. The van der Waals surface area contributed by atoms with E-state index in [4.69, 9.17) is 11.6 Å². The van der Waals surface area contributed by atoms with Gasteiger partial charge in [-0.2, -0.15) is 0 Å². The number of nitrogens with zero attached hydrogens (tertiary/aromatic N) is 2. The molecule has 0 aliphatic heterocycles. The van der Waals surface area contributed by atoms with Crippen molar-refractivity contribution >= 4 is 17.4 Å². The topological polar surface area (TPSA) is 37.8 Å². The van der Waals surface area contributed by atoms with Gasteiger partial charge in [-0.1, -0.05) is 23.7 Å². The highest BCUT2D eigenvalue weighted by molar-refractivity contribution is 6.29. The number of rotatable bonds is 4. The van der Waals surface area contributed by atoms with Crippen LogP contribution in [0.25, 0.3) is 0 Å². The number of hydrogen-bond acceptors (Lipinski definition) is 3. The van der Waals surface area contributed by atoms with Crippen LogP contribution in [0, 0.1) is 12.7 Å². The van der Waals surface area contributed by atoms with Crippen LogP contribution in [0.15, 0.2) is 24.3 Å². The second-order valence-electron chi connectivity index (χ2n) is 5.15. The van der Waals surface area contributed by atoms with Gasteiger partial charge in [-0.05, 0) is 37.0 Å². The Hall–Kier alpha value is -1.68. The quantitative estimate of drug-likeness (QED) is 0.863. The van der Waals surface area contributed by atoms with E-state index in [0.717, 1.165) is 24.2 Å². The average molecular weight is 292 g/mol. The summed E-state index contributed by atoms with van der Waals surface area (Å²) in [7, 11) is 0. The number of nitrogens with one attached hydrogen (secondary N) is 1. The third kappa shape index (κ3) is 3.07. The highest BCUT2D eigenvalue weighted by Crippen LogP contribution is 2.38. The largest absolute Gasteiger partial charge is 0.366 e. The molecule has 104 valence electrons. The van der Waals surface area contributed by atoms with Crippen molar-refractivity contribution in [2.24, 2.45) is 0 Å². The molecule has 3 nitrogen and oxygen atoms in total. The first-order valence-electron chi connectivity index (χ1n) is 6.65. The number of aromatic nitrogens is 2. The van der Waals surface area contributed by atoms with E-state index < -0.39 is 0 Å². The fourth-order valence-electron chi connectivity index (χ4n) is 2.06. The van der Waals surface area contributed by atoms with Gasteiger partial charge < -0.3 is 5.32 Å². The second kappa shape index (κ2) is 5.37. The van der Waals surface area contributed by atoms with Crippen molar-refractivity contribution in [3.8, 4) is 0 Å². The smallest absolute Gasteiger partial charge is 0.135 e. The number of anilines is 1. The van der Waals surface area contributed by atoms with Crippen LogP contribution >= 0.6 is 11.6 Å². The van der Waals surface area contributed by atoms with Crippen molar-refractivity contribution in [2.75, 3.05) is 5.32 Å². The Morgan fingerprint density at radius 2 is 2.10 bits per heavy atom. The maximum atomic E-state index is 13.2. The lowest BCUT2D eigenvalue weighted by atomic mass is 10.1. The first-order valence-corrected chi connectivity index (χ1v) is 7.03. The van der Waals surface area contributed by atoms with E-state index in [9.17, 15) is 4.39 Å². The molecule has 1 aliphatic carbocycles. The zero-order chi connectivity index (χ0) is 14.1. The van der Waals surface area contributed by atoms with Gasteiger partial charge in [-0.3, -0.25) is 0 Å². The van der Waals surface area contributed by atoms with E-state index in [1.54, 1.807) is 19.1 Å². The van der Waals surface area contributed by atoms with Crippen LogP contribution in [-0.2, 0) is 6.54 Å². The lowest BCUT2D eigenvalue weighted by molar-refractivity contribution is 0.617. The molecule has 0 radical (unpaired) electrons. The van der Waals surface area contributed by atoms with E-state index in [1.165, 1.54) is 6.07 Å². The summed E-state index contributed by atoms with van der Waals surface area (Å²) in [6.45, 7) is 2.34. The van der Waals surface area contributed by atoms with Gasteiger partial charge in [0.2, 0.25) is 0 Å². The van der Waals surface area contributed by atoms with Crippen LogP contribution < -0.4 is 5.32 Å². The lowest BCUT2D eigenvalue weighted by Gasteiger charge is -2.08. The van der Waals surface area contributed by atoms with Crippen LogP contribution in [0.4, 0.5) is 10.2 Å². The summed E-state index contributed by atoms with van der Waals surface area (Å²) < 4.78 is 13.2. The van der Waals surface area contributed by atoms with Crippen molar-refractivity contribution < 1.29 is 4.39 Å². The van der Waals surface area contributed by atoms with Gasteiger partial charge in [0.1, 0.15) is 22.6 Å². The van der Waals surface area contributed by atoms with Crippen LogP contribution in [-0.4, -0.2) is 9.97 Å². The van der Waals surface area contributed by atoms with Crippen LogP contribution in [0.2, 0.25) is 5.15 Å². The molecular weight excluding hydrogens is 277 g/mol. The van der Waals surface area contributed by atoms with Gasteiger partial charge in [0.25, 0.3) is 0 Å². The monoisotopic (exact) mass is 291 g/mol. The first kappa shape index (κ1) is 13.3. The molecule has 3 rings (SSSR count). The molecule has 0 unspecified atom stereocenters. The lowest BCUT2D eigenvalue weighted by Crippen LogP contribution is -2.04. The molecule has 1 aromatic carbocycles. The van der Waals surface area contributed by atoms with E-state index in [1.807, 2.05) is 6.07 Å². The Morgan fingerprint density at radius 3 is 2.80 bits per heavy atom. The molecule has 0 bridgehead atoms. The van der Waals surface area contributed by atoms with Crippen molar-refractivity contribution in [3.05, 3.63) is 52.2 Å².